The van der Waals surface area contributed by atoms with E-state index in [9.17, 15) is 14.0 Å². The van der Waals surface area contributed by atoms with Crippen molar-refractivity contribution in [3.05, 3.63) is 30.1 Å². The first-order valence-electron chi connectivity index (χ1n) is 7.65. The van der Waals surface area contributed by atoms with Crippen molar-refractivity contribution in [3.8, 4) is 0 Å². The summed E-state index contributed by atoms with van der Waals surface area (Å²) in [5.74, 6) is -0.647. The number of halogens is 1. The first kappa shape index (κ1) is 16.3. The Balaban J connectivity index is 1.83. The van der Waals surface area contributed by atoms with Crippen LogP contribution in [0, 0.1) is 5.82 Å². The van der Waals surface area contributed by atoms with E-state index >= 15 is 0 Å². The summed E-state index contributed by atoms with van der Waals surface area (Å²) in [7, 11) is 0. The molecule has 1 aromatic rings. The quantitative estimate of drug-likeness (QED) is 0.837. The van der Waals surface area contributed by atoms with Crippen molar-refractivity contribution in [2.75, 3.05) is 37.6 Å². The Morgan fingerprint density at radius 1 is 1.18 bits per heavy atom. The average Bonchev–Trinajstić information content (AvgIpc) is 2.53. The summed E-state index contributed by atoms with van der Waals surface area (Å²) < 4.78 is 13.7. The fourth-order valence-corrected chi connectivity index (χ4v) is 2.48. The van der Waals surface area contributed by atoms with Crippen molar-refractivity contribution in [2.24, 2.45) is 0 Å². The number of carbonyl (C=O) groups excluding carboxylic acids is 2. The molecule has 0 spiro atoms. The second kappa shape index (κ2) is 7.77. The molecule has 1 aliphatic rings. The van der Waals surface area contributed by atoms with Gasteiger partial charge in [0.1, 0.15) is 12.2 Å². The molecule has 0 aliphatic carbocycles. The molecular formula is C16H22FN3O2. The van der Waals surface area contributed by atoms with Gasteiger partial charge in [-0.05, 0) is 18.6 Å². The molecule has 1 fully saturated rings. The zero-order valence-electron chi connectivity index (χ0n) is 12.8. The Hall–Kier alpha value is -2.11. The smallest absolute Gasteiger partial charge is 0.232 e. The van der Waals surface area contributed by atoms with Crippen LogP contribution >= 0.6 is 0 Å². The Bertz CT molecular complexity index is 528. The van der Waals surface area contributed by atoms with Crippen LogP contribution in [0.3, 0.4) is 0 Å². The van der Waals surface area contributed by atoms with E-state index < -0.39 is 0 Å². The zero-order valence-corrected chi connectivity index (χ0v) is 12.8. The highest BCUT2D eigenvalue weighted by atomic mass is 19.1. The van der Waals surface area contributed by atoms with Gasteiger partial charge in [0, 0.05) is 32.7 Å². The highest BCUT2D eigenvalue weighted by Gasteiger charge is 2.23. The molecule has 1 heterocycles. The van der Waals surface area contributed by atoms with Gasteiger partial charge in [-0.3, -0.25) is 9.59 Å². The van der Waals surface area contributed by atoms with Gasteiger partial charge in [-0.25, -0.2) is 4.39 Å². The zero-order chi connectivity index (χ0) is 15.9. The molecule has 1 saturated heterocycles. The lowest BCUT2D eigenvalue weighted by Crippen LogP contribution is -2.49. The molecule has 0 radical (unpaired) electrons. The van der Waals surface area contributed by atoms with Gasteiger partial charge < -0.3 is 15.1 Å². The predicted octanol–water partition coefficient (Wildman–Crippen LogP) is 1.39. The van der Waals surface area contributed by atoms with Crippen LogP contribution in [0.25, 0.3) is 0 Å². The van der Waals surface area contributed by atoms with E-state index in [0.717, 1.165) is 6.42 Å². The fourth-order valence-electron chi connectivity index (χ4n) is 2.48. The Morgan fingerprint density at radius 2 is 1.86 bits per heavy atom. The number of nitrogens with zero attached hydrogens (tertiary/aromatic N) is 2. The lowest BCUT2D eigenvalue weighted by molar-refractivity contribution is -0.136. The normalized spacial score (nSPS) is 14.8. The Kier molecular flexibility index (Phi) is 5.75. The molecule has 2 amide bonds. The van der Waals surface area contributed by atoms with Gasteiger partial charge in [-0.15, -0.1) is 0 Å². The van der Waals surface area contributed by atoms with E-state index in [2.05, 4.69) is 5.32 Å². The second-order valence-corrected chi connectivity index (χ2v) is 5.35. The van der Waals surface area contributed by atoms with E-state index in [1.54, 1.807) is 23.1 Å². The largest absolute Gasteiger partial charge is 0.366 e. The van der Waals surface area contributed by atoms with E-state index in [1.165, 1.54) is 6.07 Å². The van der Waals surface area contributed by atoms with Gasteiger partial charge in [0.2, 0.25) is 11.8 Å². The monoisotopic (exact) mass is 307 g/mol. The topological polar surface area (TPSA) is 52.7 Å². The number of piperazine rings is 1. The third-order valence-corrected chi connectivity index (χ3v) is 3.71. The number of carbonyl (C=O) groups is 2. The minimum absolute atomic E-state index is 0.111. The molecule has 0 atom stereocenters. The number of para-hydroxylation sites is 1. The fraction of sp³-hybridized carbons (Fsp3) is 0.500. The van der Waals surface area contributed by atoms with Crippen LogP contribution in [0.4, 0.5) is 10.1 Å². The SMILES string of the molecule is CCCNC(=O)CC(=O)N1CCN(c2ccccc2F)CC1. The van der Waals surface area contributed by atoms with Crippen LogP contribution in [-0.4, -0.2) is 49.4 Å². The minimum atomic E-state index is -0.249. The summed E-state index contributed by atoms with van der Waals surface area (Å²) in [6, 6.07) is 6.64. The number of amides is 2. The van der Waals surface area contributed by atoms with Crippen LogP contribution in [0.15, 0.2) is 24.3 Å². The van der Waals surface area contributed by atoms with Crippen LogP contribution in [0.1, 0.15) is 19.8 Å². The molecular weight excluding hydrogens is 285 g/mol. The molecule has 0 bridgehead atoms. The lowest BCUT2D eigenvalue weighted by Gasteiger charge is -2.36. The number of hydrogen-bond acceptors (Lipinski definition) is 3. The maximum absolute atomic E-state index is 13.7. The van der Waals surface area contributed by atoms with E-state index in [1.807, 2.05) is 11.8 Å². The van der Waals surface area contributed by atoms with Gasteiger partial charge in [-0.1, -0.05) is 19.1 Å². The molecule has 1 N–H and O–H groups in total. The first-order chi connectivity index (χ1) is 10.6. The van der Waals surface area contributed by atoms with Gasteiger partial charge in [0.25, 0.3) is 0 Å². The standard InChI is InChI=1S/C16H22FN3O2/c1-2-7-18-15(21)12-16(22)20-10-8-19(9-11-20)14-6-4-3-5-13(14)17/h3-6H,2,7-12H2,1H3,(H,18,21). The molecule has 6 heteroatoms. The van der Waals surface area contributed by atoms with E-state index in [-0.39, 0.29) is 24.1 Å². The summed E-state index contributed by atoms with van der Waals surface area (Å²) in [5, 5.41) is 2.70. The highest BCUT2D eigenvalue weighted by molar-refractivity contribution is 5.96. The predicted molar refractivity (Wildman–Crippen MR) is 83.1 cm³/mol. The molecule has 0 saturated carbocycles. The lowest BCUT2D eigenvalue weighted by atomic mass is 10.2. The van der Waals surface area contributed by atoms with Crippen molar-refractivity contribution in [2.45, 2.75) is 19.8 Å². The number of benzene rings is 1. The van der Waals surface area contributed by atoms with Crippen LogP contribution < -0.4 is 10.2 Å². The maximum atomic E-state index is 13.7. The summed E-state index contributed by atoms with van der Waals surface area (Å²) in [6.45, 7) is 4.71. The van der Waals surface area contributed by atoms with Crippen molar-refractivity contribution in [1.82, 2.24) is 10.2 Å². The third kappa shape index (κ3) is 4.19. The van der Waals surface area contributed by atoms with Gasteiger partial charge in [-0.2, -0.15) is 0 Å². The van der Waals surface area contributed by atoms with E-state index in [0.29, 0.717) is 38.4 Å². The molecule has 2 rings (SSSR count). The summed E-state index contributed by atoms with van der Waals surface area (Å²) in [5.41, 5.74) is 0.565. The summed E-state index contributed by atoms with van der Waals surface area (Å²) in [6.07, 6.45) is 0.737. The van der Waals surface area contributed by atoms with Crippen molar-refractivity contribution in [1.29, 1.82) is 0 Å². The van der Waals surface area contributed by atoms with Crippen LogP contribution in [0.5, 0.6) is 0 Å². The molecule has 0 aromatic heterocycles. The molecule has 0 unspecified atom stereocenters. The molecule has 1 aromatic carbocycles. The van der Waals surface area contributed by atoms with Gasteiger partial charge >= 0.3 is 0 Å². The molecule has 1 aliphatic heterocycles. The summed E-state index contributed by atoms with van der Waals surface area (Å²) >= 11 is 0. The highest BCUT2D eigenvalue weighted by Crippen LogP contribution is 2.20. The van der Waals surface area contributed by atoms with Crippen molar-refractivity contribution in [3.63, 3.8) is 0 Å². The molecule has 22 heavy (non-hydrogen) atoms. The number of rotatable bonds is 5. The number of hydrogen-bond donors (Lipinski definition) is 1. The maximum Gasteiger partial charge on any atom is 0.232 e. The molecule has 5 nitrogen and oxygen atoms in total. The van der Waals surface area contributed by atoms with Crippen molar-refractivity contribution < 1.29 is 14.0 Å². The number of anilines is 1. The first-order valence-corrected chi connectivity index (χ1v) is 7.65. The minimum Gasteiger partial charge on any atom is -0.366 e. The van der Waals surface area contributed by atoms with Crippen molar-refractivity contribution >= 4 is 17.5 Å². The Labute approximate surface area is 130 Å². The van der Waals surface area contributed by atoms with Gasteiger partial charge in [0.05, 0.1) is 5.69 Å². The van der Waals surface area contributed by atoms with E-state index in [4.69, 9.17) is 0 Å². The average molecular weight is 307 g/mol. The van der Waals surface area contributed by atoms with Gasteiger partial charge in [0.15, 0.2) is 0 Å². The third-order valence-electron chi connectivity index (χ3n) is 3.71. The Morgan fingerprint density at radius 3 is 2.50 bits per heavy atom. The van der Waals surface area contributed by atoms with Crippen LogP contribution in [0.2, 0.25) is 0 Å². The molecule has 120 valence electrons. The number of nitrogens with one attached hydrogen (secondary N) is 1. The summed E-state index contributed by atoms with van der Waals surface area (Å²) in [4.78, 5) is 27.2. The van der Waals surface area contributed by atoms with Crippen LogP contribution in [-0.2, 0) is 9.59 Å². The second-order valence-electron chi connectivity index (χ2n) is 5.35.